The van der Waals surface area contributed by atoms with Gasteiger partial charge in [0.1, 0.15) is 5.69 Å². The average molecular weight is 415 g/mol. The molecule has 0 saturated carbocycles. The third kappa shape index (κ3) is 10.5. The molecule has 0 bridgehead atoms. The number of anilines is 1. The van der Waals surface area contributed by atoms with Crippen LogP contribution in [0.5, 0.6) is 0 Å². The van der Waals surface area contributed by atoms with Gasteiger partial charge in [-0.25, -0.2) is 0 Å². The molecule has 0 aliphatic carbocycles. The molecule has 0 aliphatic rings. The van der Waals surface area contributed by atoms with Crippen LogP contribution in [-0.2, 0) is 0 Å². The first-order valence-electron chi connectivity index (χ1n) is 7.59. The van der Waals surface area contributed by atoms with Gasteiger partial charge in [-0.1, -0.05) is 13.0 Å². The maximum atomic E-state index is 10.9. The molecule has 1 rings (SSSR count). The van der Waals surface area contributed by atoms with Crippen molar-refractivity contribution in [3.05, 3.63) is 40.8 Å². The molecule has 24 heavy (non-hydrogen) atoms. The first-order valence-corrected chi connectivity index (χ1v) is 7.59. The Kier molecular flexibility index (Phi) is 19.0. The Morgan fingerprint density at radius 2 is 2.00 bits per heavy atom. The van der Waals surface area contributed by atoms with Crippen molar-refractivity contribution in [1.29, 1.82) is 0 Å². The maximum Gasteiger partial charge on any atom is 2.00 e. The number of nitrogens with two attached hydrogens (primary N) is 1. The first-order chi connectivity index (χ1) is 10.5. The number of aliphatic hydroxyl groups is 1. The zero-order chi connectivity index (χ0) is 17.1. The number of nitro groups is 1. The Balaban J connectivity index is -0.00000106. The topological polar surface area (TPSA) is 101 Å². The maximum absolute atomic E-state index is 10.9. The van der Waals surface area contributed by atoms with Gasteiger partial charge in [-0.15, -0.1) is 0 Å². The van der Waals surface area contributed by atoms with E-state index in [9.17, 15) is 15.2 Å². The number of nitro benzene ring substituents is 1. The molecule has 4 N–H and O–H groups in total. The van der Waals surface area contributed by atoms with Gasteiger partial charge in [-0.3, -0.25) is 10.1 Å². The number of hydrogen-bond acceptors (Lipinski definition) is 5. The molecule has 2 unspecified atom stereocenters. The Morgan fingerprint density at radius 1 is 1.42 bits per heavy atom. The van der Waals surface area contributed by atoms with Crippen molar-refractivity contribution in [2.45, 2.75) is 52.2 Å². The summed E-state index contributed by atoms with van der Waals surface area (Å²) in [5.74, 6) is 0. The van der Waals surface area contributed by atoms with Crippen LogP contribution in [0.3, 0.4) is 0 Å². The third-order valence-electron chi connectivity index (χ3n) is 3.29. The summed E-state index contributed by atoms with van der Waals surface area (Å²) in [6.45, 7) is 9.37. The minimum Gasteiger partial charge on any atom is -1.00 e. The molecule has 0 heterocycles. The van der Waals surface area contributed by atoms with E-state index in [1.165, 1.54) is 6.07 Å². The smallest absolute Gasteiger partial charge is 1.00 e. The van der Waals surface area contributed by atoms with E-state index in [0.29, 0.717) is 25.1 Å². The fourth-order valence-electron chi connectivity index (χ4n) is 2.01. The van der Waals surface area contributed by atoms with Gasteiger partial charge < -0.3 is 40.1 Å². The van der Waals surface area contributed by atoms with E-state index in [-0.39, 0.29) is 51.8 Å². The second-order valence-electron chi connectivity index (χ2n) is 4.99. The van der Waals surface area contributed by atoms with Crippen LogP contribution < -0.4 is 28.0 Å². The fourth-order valence-corrected chi connectivity index (χ4v) is 2.01. The van der Waals surface area contributed by atoms with Crippen LogP contribution in [-0.4, -0.2) is 51.8 Å². The second-order valence-corrected chi connectivity index (χ2v) is 4.99. The fraction of sp³-hybridized carbons (Fsp3) is 0.562. The minimum atomic E-state index is -0.483. The summed E-state index contributed by atoms with van der Waals surface area (Å²) >= 11 is 0. The van der Waals surface area contributed by atoms with Crippen molar-refractivity contribution in [3.8, 4) is 0 Å². The van der Waals surface area contributed by atoms with Crippen molar-refractivity contribution in [2.75, 3.05) is 11.9 Å². The van der Waals surface area contributed by atoms with Gasteiger partial charge in [-0.2, -0.15) is 6.92 Å². The first kappa shape index (κ1) is 28.4. The molecule has 0 aromatic heterocycles. The van der Waals surface area contributed by atoms with E-state index < -0.39 is 11.0 Å². The Hall–Kier alpha value is -0.414. The molecule has 8 heteroatoms. The number of hydrogen-bond donors (Lipinski definition) is 3. The minimum absolute atomic E-state index is 0. The van der Waals surface area contributed by atoms with Gasteiger partial charge in [-0.05, 0) is 37.8 Å². The van der Waals surface area contributed by atoms with E-state index in [1.807, 2.05) is 13.8 Å². The van der Waals surface area contributed by atoms with Crippen LogP contribution in [0.25, 0.3) is 0 Å². The van der Waals surface area contributed by atoms with Gasteiger partial charge >= 0.3 is 23.1 Å². The van der Waals surface area contributed by atoms with Crippen molar-refractivity contribution >= 4 is 34.4 Å². The van der Waals surface area contributed by atoms with Gasteiger partial charge in [0.2, 0.25) is 0 Å². The molecule has 1 aromatic carbocycles. The summed E-state index contributed by atoms with van der Waals surface area (Å²) in [4.78, 5) is 10.5. The van der Waals surface area contributed by atoms with Crippen LogP contribution in [0, 0.1) is 24.0 Å². The monoisotopic (exact) mass is 413 g/mol. The summed E-state index contributed by atoms with van der Waals surface area (Å²) in [6, 6.07) is 4.74. The predicted molar refractivity (Wildman–Crippen MR) is 96.6 cm³/mol. The molecule has 134 valence electrons. The Morgan fingerprint density at radius 3 is 2.50 bits per heavy atom. The summed E-state index contributed by atoms with van der Waals surface area (Å²) in [6.07, 6.45) is 1.59. The third-order valence-corrected chi connectivity index (χ3v) is 3.29. The van der Waals surface area contributed by atoms with Crippen molar-refractivity contribution in [3.63, 3.8) is 0 Å². The molecule has 0 aliphatic heterocycles. The molecule has 0 spiro atoms. The number of aryl methyl sites for hydroxylation is 1. The molecular formula is C16H28BrMgN3O3. The molecule has 0 radical (unpaired) electrons. The number of benzene rings is 1. The number of nitrogens with zero attached hydrogens (tertiary/aromatic N) is 1. The summed E-state index contributed by atoms with van der Waals surface area (Å²) in [5.41, 5.74) is 7.40. The zero-order valence-electron chi connectivity index (χ0n) is 14.8. The molecule has 0 amide bonds. The normalized spacial score (nSPS) is 11.8. The van der Waals surface area contributed by atoms with E-state index in [2.05, 4.69) is 12.2 Å². The van der Waals surface area contributed by atoms with Crippen LogP contribution in [0.15, 0.2) is 18.2 Å². The van der Waals surface area contributed by atoms with E-state index in [1.54, 1.807) is 19.1 Å². The molecule has 0 fully saturated rings. The molecule has 0 saturated heterocycles. The Bertz CT molecular complexity index is 464. The zero-order valence-corrected chi connectivity index (χ0v) is 17.8. The van der Waals surface area contributed by atoms with Crippen LogP contribution in [0.4, 0.5) is 11.4 Å². The van der Waals surface area contributed by atoms with Gasteiger partial charge in [0, 0.05) is 18.7 Å². The summed E-state index contributed by atoms with van der Waals surface area (Å²) in [7, 11) is 0. The molecular weight excluding hydrogens is 386 g/mol. The second kappa shape index (κ2) is 16.1. The summed E-state index contributed by atoms with van der Waals surface area (Å²) < 4.78 is 0. The standard InChI is InChI=1S/C14H23N3O3.C2H5.BrH.Mg/c1-3-14(18)11(15)5-4-8-16-12-9-10(2)6-7-13(12)17(19)20;1-2;;/h6-7,9,11,14,16,18H,3-5,8,15H2,1-2H3;1H2,2H3;1H;/q;-1;;+2/p-1. The van der Waals surface area contributed by atoms with Crippen molar-refractivity contribution in [1.82, 2.24) is 0 Å². The van der Waals surface area contributed by atoms with E-state index >= 15 is 0 Å². The molecule has 1 aromatic rings. The van der Waals surface area contributed by atoms with Crippen LogP contribution in [0.2, 0.25) is 0 Å². The van der Waals surface area contributed by atoms with Crippen molar-refractivity contribution < 1.29 is 27.0 Å². The average Bonchev–Trinajstić information content (AvgIpc) is 2.52. The summed E-state index contributed by atoms with van der Waals surface area (Å²) in [5, 5.41) is 23.5. The van der Waals surface area contributed by atoms with Gasteiger partial charge in [0.15, 0.2) is 0 Å². The van der Waals surface area contributed by atoms with Gasteiger partial charge in [0.05, 0.1) is 11.0 Å². The molecule has 2 atom stereocenters. The largest absolute Gasteiger partial charge is 2.00 e. The predicted octanol–water partition coefficient (Wildman–Crippen LogP) is -0.343. The van der Waals surface area contributed by atoms with E-state index in [0.717, 1.165) is 12.0 Å². The van der Waals surface area contributed by atoms with Crippen LogP contribution >= 0.6 is 0 Å². The number of rotatable bonds is 8. The number of nitrogens with one attached hydrogen (secondary N) is 1. The number of halogens is 1. The van der Waals surface area contributed by atoms with Gasteiger partial charge in [0.25, 0.3) is 5.69 Å². The Labute approximate surface area is 171 Å². The SMILES string of the molecule is CCC(O)C(N)CCCNc1cc(C)ccc1[N+](=O)[O-].[Br-].[CH2-]C.[Mg+2]. The number of aliphatic hydroxyl groups excluding tert-OH is 1. The molecule has 6 nitrogen and oxygen atoms in total. The van der Waals surface area contributed by atoms with Crippen LogP contribution in [0.1, 0.15) is 38.7 Å². The van der Waals surface area contributed by atoms with E-state index in [4.69, 9.17) is 5.73 Å². The van der Waals surface area contributed by atoms with Crippen molar-refractivity contribution in [2.24, 2.45) is 5.73 Å². The quantitative estimate of drug-likeness (QED) is 0.178.